The maximum absolute atomic E-state index is 14.3. The summed E-state index contributed by atoms with van der Waals surface area (Å²) in [5.41, 5.74) is 0.218. The van der Waals surface area contributed by atoms with Gasteiger partial charge in [0, 0.05) is 30.1 Å². The van der Waals surface area contributed by atoms with Crippen LogP contribution in [0, 0.1) is 11.7 Å². The number of nitrogens with one attached hydrogen (secondary N) is 1. The lowest BCUT2D eigenvalue weighted by Gasteiger charge is -2.39. The van der Waals surface area contributed by atoms with Gasteiger partial charge >= 0.3 is 0 Å². The minimum Gasteiger partial charge on any atom is -0.493 e. The van der Waals surface area contributed by atoms with Gasteiger partial charge in [0.2, 0.25) is 0 Å². The molecular weight excluding hydrogens is 375 g/mol. The second-order valence-corrected chi connectivity index (χ2v) is 6.94. The Morgan fingerprint density at radius 1 is 1.30 bits per heavy atom. The van der Waals surface area contributed by atoms with Gasteiger partial charge in [0.15, 0.2) is 6.61 Å². The Bertz CT molecular complexity index is 897. The number of ether oxygens (including phenoxy) is 2. The minimum atomic E-state index is -0.671. The normalized spacial score (nSPS) is 16.1. The smallest absolute Gasteiger partial charge is 0.262 e. The number of fused-ring (bicyclic) bond motifs is 1. The van der Waals surface area contributed by atoms with E-state index in [1.807, 2.05) is 0 Å². The number of anilines is 1. The molecule has 8 heteroatoms. The summed E-state index contributed by atoms with van der Waals surface area (Å²) < 4.78 is 25.1. The van der Waals surface area contributed by atoms with E-state index in [2.05, 4.69) is 5.32 Å². The van der Waals surface area contributed by atoms with E-state index in [0.717, 1.165) is 6.07 Å². The number of amides is 2. The largest absolute Gasteiger partial charge is 0.493 e. The maximum Gasteiger partial charge on any atom is 0.262 e. The summed E-state index contributed by atoms with van der Waals surface area (Å²) >= 11 is 5.83. The number of carbonyl (C=O) groups is 2. The van der Waals surface area contributed by atoms with Gasteiger partial charge in [-0.15, -0.1) is 0 Å². The molecule has 1 saturated heterocycles. The lowest BCUT2D eigenvalue weighted by Crippen LogP contribution is -2.52. The molecule has 0 radical (unpaired) electrons. The molecule has 2 aromatic rings. The van der Waals surface area contributed by atoms with Crippen molar-refractivity contribution in [2.45, 2.75) is 0 Å². The molecule has 0 aliphatic carbocycles. The molecular formula is C19H16ClFN2O4. The highest BCUT2D eigenvalue weighted by atomic mass is 35.5. The maximum atomic E-state index is 14.3. The van der Waals surface area contributed by atoms with Crippen molar-refractivity contribution >= 4 is 29.1 Å². The van der Waals surface area contributed by atoms with Crippen molar-refractivity contribution in [1.29, 1.82) is 0 Å². The van der Waals surface area contributed by atoms with E-state index in [9.17, 15) is 14.0 Å². The van der Waals surface area contributed by atoms with Gasteiger partial charge in [0.05, 0.1) is 17.9 Å². The third kappa shape index (κ3) is 3.68. The Morgan fingerprint density at radius 2 is 2.04 bits per heavy atom. The van der Waals surface area contributed by atoms with Crippen LogP contribution >= 0.6 is 11.6 Å². The number of hydrogen-bond donors (Lipinski definition) is 1. The highest BCUT2D eigenvalue weighted by molar-refractivity contribution is 6.30. The third-order valence-electron chi connectivity index (χ3n) is 4.48. The number of carbonyl (C=O) groups excluding carboxylic acids is 2. The van der Waals surface area contributed by atoms with Crippen molar-refractivity contribution in [3.05, 3.63) is 52.8 Å². The molecule has 140 valence electrons. The van der Waals surface area contributed by atoms with Crippen molar-refractivity contribution < 1.29 is 23.5 Å². The van der Waals surface area contributed by atoms with Crippen LogP contribution in [0.2, 0.25) is 5.02 Å². The average Bonchev–Trinajstić information content (AvgIpc) is 2.61. The van der Waals surface area contributed by atoms with Crippen LogP contribution in [-0.2, 0) is 4.79 Å². The van der Waals surface area contributed by atoms with Crippen molar-refractivity contribution in [1.82, 2.24) is 4.90 Å². The topological polar surface area (TPSA) is 67.9 Å². The van der Waals surface area contributed by atoms with E-state index in [-0.39, 0.29) is 29.7 Å². The molecule has 0 spiro atoms. The SMILES string of the molecule is O=C1COc2cc(F)c(C(=O)N3CC(COc4ccc(Cl)cc4)C3)cc2N1. The molecule has 27 heavy (non-hydrogen) atoms. The Hall–Kier alpha value is -2.80. The number of rotatable bonds is 4. The molecule has 0 unspecified atom stereocenters. The molecule has 0 bridgehead atoms. The minimum absolute atomic E-state index is 0.0865. The molecule has 2 heterocycles. The standard InChI is InChI=1S/C19H16ClFN2O4/c20-12-1-3-13(4-2-12)26-9-11-7-23(8-11)19(25)14-5-16-17(6-15(14)21)27-10-18(24)22-16/h1-6,11H,7-10H2,(H,22,24). The van der Waals surface area contributed by atoms with Crippen LogP contribution in [0.1, 0.15) is 10.4 Å². The van der Waals surface area contributed by atoms with Gasteiger partial charge in [0.1, 0.15) is 17.3 Å². The fraction of sp³-hybridized carbons (Fsp3) is 0.263. The lowest BCUT2D eigenvalue weighted by atomic mass is 9.99. The summed E-state index contributed by atoms with van der Waals surface area (Å²) in [5, 5.41) is 3.21. The van der Waals surface area contributed by atoms with Gasteiger partial charge in [-0.1, -0.05) is 11.6 Å². The first-order chi connectivity index (χ1) is 13.0. The predicted molar refractivity (Wildman–Crippen MR) is 96.9 cm³/mol. The van der Waals surface area contributed by atoms with Gasteiger partial charge in [-0.3, -0.25) is 9.59 Å². The molecule has 6 nitrogen and oxygen atoms in total. The highest BCUT2D eigenvalue weighted by Gasteiger charge is 2.33. The zero-order chi connectivity index (χ0) is 19.0. The Balaban J connectivity index is 1.35. The van der Waals surface area contributed by atoms with E-state index in [0.29, 0.717) is 36.2 Å². The molecule has 1 N–H and O–H groups in total. The molecule has 2 amide bonds. The van der Waals surface area contributed by atoms with E-state index < -0.39 is 11.7 Å². The quantitative estimate of drug-likeness (QED) is 0.871. The second-order valence-electron chi connectivity index (χ2n) is 6.51. The number of halogens is 2. The average molecular weight is 391 g/mol. The Morgan fingerprint density at radius 3 is 2.78 bits per heavy atom. The van der Waals surface area contributed by atoms with E-state index in [4.69, 9.17) is 21.1 Å². The van der Waals surface area contributed by atoms with E-state index >= 15 is 0 Å². The van der Waals surface area contributed by atoms with Gasteiger partial charge in [-0.25, -0.2) is 4.39 Å². The first-order valence-electron chi connectivity index (χ1n) is 8.43. The van der Waals surface area contributed by atoms with Gasteiger partial charge in [0.25, 0.3) is 11.8 Å². The zero-order valence-corrected chi connectivity index (χ0v) is 15.0. The van der Waals surface area contributed by atoms with Gasteiger partial charge < -0.3 is 19.7 Å². The van der Waals surface area contributed by atoms with Crippen LogP contribution in [0.15, 0.2) is 36.4 Å². The molecule has 4 rings (SSSR count). The Labute approximate surface area is 159 Å². The summed E-state index contributed by atoms with van der Waals surface area (Å²) in [5.74, 6) is -0.319. The lowest BCUT2D eigenvalue weighted by molar-refractivity contribution is -0.118. The first kappa shape index (κ1) is 17.6. The number of likely N-dealkylation sites (tertiary alicyclic amines) is 1. The van der Waals surface area contributed by atoms with Gasteiger partial charge in [-0.2, -0.15) is 0 Å². The number of hydrogen-bond acceptors (Lipinski definition) is 4. The van der Waals surface area contributed by atoms with E-state index in [1.54, 1.807) is 29.2 Å². The van der Waals surface area contributed by atoms with Crippen molar-refractivity contribution in [3.8, 4) is 11.5 Å². The third-order valence-corrected chi connectivity index (χ3v) is 4.73. The summed E-state index contributed by atoms with van der Waals surface area (Å²) in [6.45, 7) is 1.25. The summed E-state index contributed by atoms with van der Waals surface area (Å²) in [4.78, 5) is 25.5. The summed E-state index contributed by atoms with van der Waals surface area (Å²) in [6.07, 6.45) is 0. The molecule has 1 fully saturated rings. The molecule has 0 aromatic heterocycles. The van der Waals surface area contributed by atoms with Crippen LogP contribution in [0.5, 0.6) is 11.5 Å². The Kier molecular flexibility index (Phi) is 4.61. The zero-order valence-electron chi connectivity index (χ0n) is 14.2. The van der Waals surface area contributed by atoms with Crippen LogP contribution in [0.25, 0.3) is 0 Å². The molecule has 0 atom stereocenters. The van der Waals surface area contributed by atoms with Crippen molar-refractivity contribution in [2.24, 2.45) is 5.92 Å². The van der Waals surface area contributed by atoms with Crippen LogP contribution in [0.4, 0.5) is 10.1 Å². The van der Waals surface area contributed by atoms with Crippen molar-refractivity contribution in [2.75, 3.05) is 31.6 Å². The highest BCUT2D eigenvalue weighted by Crippen LogP contribution is 2.32. The monoisotopic (exact) mass is 390 g/mol. The van der Waals surface area contributed by atoms with Crippen LogP contribution in [0.3, 0.4) is 0 Å². The molecule has 0 saturated carbocycles. The second kappa shape index (κ2) is 7.08. The molecule has 2 aromatic carbocycles. The molecule has 2 aliphatic heterocycles. The van der Waals surface area contributed by atoms with Crippen LogP contribution in [-0.4, -0.2) is 43.0 Å². The van der Waals surface area contributed by atoms with Crippen LogP contribution < -0.4 is 14.8 Å². The van der Waals surface area contributed by atoms with E-state index in [1.165, 1.54) is 6.07 Å². The summed E-state index contributed by atoms with van der Waals surface area (Å²) in [6, 6.07) is 9.50. The molecule has 2 aliphatic rings. The summed E-state index contributed by atoms with van der Waals surface area (Å²) in [7, 11) is 0. The first-order valence-corrected chi connectivity index (χ1v) is 8.81. The van der Waals surface area contributed by atoms with Gasteiger partial charge in [-0.05, 0) is 30.3 Å². The van der Waals surface area contributed by atoms with Crippen molar-refractivity contribution in [3.63, 3.8) is 0 Å². The fourth-order valence-electron chi connectivity index (χ4n) is 3.02. The number of benzene rings is 2. The number of nitrogens with zero attached hydrogens (tertiary/aromatic N) is 1. The fourth-order valence-corrected chi connectivity index (χ4v) is 3.15. The predicted octanol–water partition coefficient (Wildman–Crippen LogP) is 2.96.